The summed E-state index contributed by atoms with van der Waals surface area (Å²) < 4.78 is 41.5. The van der Waals surface area contributed by atoms with E-state index >= 15 is 0 Å². The van der Waals surface area contributed by atoms with Gasteiger partial charge in [0.2, 0.25) is 0 Å². The van der Waals surface area contributed by atoms with E-state index in [4.69, 9.17) is 4.74 Å². The number of rotatable bonds is 7. The summed E-state index contributed by atoms with van der Waals surface area (Å²) in [5.74, 6) is 0. The molecule has 0 aliphatic carbocycles. The van der Waals surface area contributed by atoms with Crippen LogP contribution in [0.5, 0.6) is 0 Å². The van der Waals surface area contributed by atoms with Crippen molar-refractivity contribution in [3.05, 3.63) is 35.9 Å². The predicted molar refractivity (Wildman–Crippen MR) is 65.7 cm³/mol. The van der Waals surface area contributed by atoms with E-state index in [2.05, 4.69) is 0 Å². The largest absolute Gasteiger partial charge is 0.401 e. The van der Waals surface area contributed by atoms with Crippen molar-refractivity contribution in [3.8, 4) is 0 Å². The highest BCUT2D eigenvalue weighted by atomic mass is 19.4. The van der Waals surface area contributed by atoms with Gasteiger partial charge in [-0.1, -0.05) is 30.3 Å². The van der Waals surface area contributed by atoms with Crippen LogP contribution in [0.25, 0.3) is 0 Å². The van der Waals surface area contributed by atoms with Crippen LogP contribution in [0.4, 0.5) is 13.2 Å². The first-order valence-electron chi connectivity index (χ1n) is 5.92. The number of aliphatic hydroxyl groups is 1. The van der Waals surface area contributed by atoms with Gasteiger partial charge in [-0.2, -0.15) is 13.2 Å². The molecule has 0 saturated heterocycles. The quantitative estimate of drug-likeness (QED) is 0.828. The molecule has 0 aromatic heterocycles. The summed E-state index contributed by atoms with van der Waals surface area (Å²) in [6.07, 6.45) is -5.18. The van der Waals surface area contributed by atoms with E-state index in [1.807, 2.05) is 30.3 Å². The molecule has 0 fully saturated rings. The summed E-state index contributed by atoms with van der Waals surface area (Å²) in [6, 6.07) is 9.37. The number of aliphatic hydroxyl groups excluding tert-OH is 1. The van der Waals surface area contributed by atoms with E-state index in [0.717, 1.165) is 10.5 Å². The van der Waals surface area contributed by atoms with Crippen molar-refractivity contribution in [2.24, 2.45) is 0 Å². The van der Waals surface area contributed by atoms with Gasteiger partial charge in [-0.05, 0) is 12.6 Å². The van der Waals surface area contributed by atoms with Crippen LogP contribution in [0.3, 0.4) is 0 Å². The summed E-state index contributed by atoms with van der Waals surface area (Å²) in [6.45, 7) is -0.769. The summed E-state index contributed by atoms with van der Waals surface area (Å²) in [4.78, 5) is 1.02. The maximum absolute atomic E-state index is 12.1. The number of benzene rings is 1. The first-order valence-corrected chi connectivity index (χ1v) is 5.92. The Kier molecular flexibility index (Phi) is 6.27. The van der Waals surface area contributed by atoms with Gasteiger partial charge in [0.25, 0.3) is 0 Å². The van der Waals surface area contributed by atoms with E-state index in [1.165, 1.54) is 7.05 Å². The lowest BCUT2D eigenvalue weighted by atomic mass is 10.2. The molecule has 1 N–H and O–H groups in total. The van der Waals surface area contributed by atoms with Gasteiger partial charge < -0.3 is 9.84 Å². The highest BCUT2D eigenvalue weighted by molar-refractivity contribution is 5.13. The standard InChI is InChI=1S/C13H18F3NO2/c1-17(10-13(14,15)16)7-12(18)9-19-8-11-5-3-2-4-6-11/h2-6,12,18H,7-10H2,1H3. The number of halogens is 3. The molecule has 0 amide bonds. The van der Waals surface area contributed by atoms with Gasteiger partial charge in [0, 0.05) is 6.54 Å². The minimum absolute atomic E-state index is 0.0110. The molecule has 19 heavy (non-hydrogen) atoms. The molecule has 1 atom stereocenters. The molecule has 0 spiro atoms. The number of hydrogen-bond acceptors (Lipinski definition) is 3. The lowest BCUT2D eigenvalue weighted by molar-refractivity contribution is -0.146. The summed E-state index contributed by atoms with van der Waals surface area (Å²) >= 11 is 0. The van der Waals surface area contributed by atoms with Crippen molar-refractivity contribution < 1.29 is 23.0 Å². The Balaban J connectivity index is 2.19. The molecule has 1 aromatic carbocycles. The van der Waals surface area contributed by atoms with Gasteiger partial charge >= 0.3 is 6.18 Å². The predicted octanol–water partition coefficient (Wildman–Crippen LogP) is 2.06. The Bertz CT molecular complexity index is 357. The zero-order valence-electron chi connectivity index (χ0n) is 10.7. The molecule has 1 aromatic rings. The molecule has 3 nitrogen and oxygen atoms in total. The van der Waals surface area contributed by atoms with Crippen LogP contribution < -0.4 is 0 Å². The van der Waals surface area contributed by atoms with Crippen molar-refractivity contribution in [1.29, 1.82) is 0 Å². The van der Waals surface area contributed by atoms with E-state index in [0.29, 0.717) is 6.61 Å². The van der Waals surface area contributed by atoms with Gasteiger partial charge in [0.05, 0.1) is 25.9 Å². The topological polar surface area (TPSA) is 32.7 Å². The molecule has 6 heteroatoms. The molecule has 0 aliphatic heterocycles. The highest BCUT2D eigenvalue weighted by Crippen LogP contribution is 2.15. The third-order valence-corrected chi connectivity index (χ3v) is 2.39. The number of ether oxygens (including phenoxy) is 1. The van der Waals surface area contributed by atoms with E-state index in [-0.39, 0.29) is 13.2 Å². The van der Waals surface area contributed by atoms with Gasteiger partial charge in [0.1, 0.15) is 0 Å². The summed E-state index contributed by atoms with van der Waals surface area (Å²) in [7, 11) is 1.31. The van der Waals surface area contributed by atoms with Crippen LogP contribution in [0.15, 0.2) is 30.3 Å². The fraction of sp³-hybridized carbons (Fsp3) is 0.538. The zero-order valence-corrected chi connectivity index (χ0v) is 10.7. The second-order valence-corrected chi connectivity index (χ2v) is 4.47. The van der Waals surface area contributed by atoms with E-state index in [9.17, 15) is 18.3 Å². The number of likely N-dealkylation sites (N-methyl/N-ethyl adjacent to an activating group) is 1. The monoisotopic (exact) mass is 277 g/mol. The lowest BCUT2D eigenvalue weighted by Gasteiger charge is -2.21. The smallest absolute Gasteiger partial charge is 0.389 e. The molecule has 0 heterocycles. The summed E-state index contributed by atoms with van der Waals surface area (Å²) in [5.41, 5.74) is 0.957. The molecule has 1 unspecified atom stereocenters. The van der Waals surface area contributed by atoms with Gasteiger partial charge in [-0.3, -0.25) is 4.90 Å². The average Bonchev–Trinajstić information content (AvgIpc) is 2.27. The minimum atomic E-state index is -4.25. The first kappa shape index (κ1) is 15.9. The Morgan fingerprint density at radius 3 is 2.47 bits per heavy atom. The molecule has 108 valence electrons. The lowest BCUT2D eigenvalue weighted by Crippen LogP contribution is -2.38. The second kappa shape index (κ2) is 7.47. The molecule has 1 rings (SSSR count). The normalized spacial score (nSPS) is 13.8. The molecule has 0 bridgehead atoms. The summed E-state index contributed by atoms with van der Waals surface area (Å²) in [5, 5.41) is 9.56. The van der Waals surface area contributed by atoms with Crippen molar-refractivity contribution in [2.45, 2.75) is 18.9 Å². The van der Waals surface area contributed by atoms with E-state index < -0.39 is 18.8 Å². The third-order valence-electron chi connectivity index (χ3n) is 2.39. The molecular formula is C13H18F3NO2. The second-order valence-electron chi connectivity index (χ2n) is 4.47. The van der Waals surface area contributed by atoms with Crippen molar-refractivity contribution in [2.75, 3.05) is 26.7 Å². The number of hydrogen-bond donors (Lipinski definition) is 1. The average molecular weight is 277 g/mol. The van der Waals surface area contributed by atoms with Gasteiger partial charge in [-0.25, -0.2) is 0 Å². The van der Waals surface area contributed by atoms with Crippen LogP contribution in [0, 0.1) is 0 Å². The Hall–Kier alpha value is -1.11. The Labute approximate surface area is 110 Å². The third kappa shape index (κ3) is 7.81. The van der Waals surface area contributed by atoms with E-state index in [1.54, 1.807) is 0 Å². The maximum Gasteiger partial charge on any atom is 0.401 e. The van der Waals surface area contributed by atoms with Crippen molar-refractivity contribution >= 4 is 0 Å². The fourth-order valence-electron chi connectivity index (χ4n) is 1.67. The molecular weight excluding hydrogens is 259 g/mol. The van der Waals surface area contributed by atoms with Crippen LogP contribution in [0.1, 0.15) is 5.56 Å². The van der Waals surface area contributed by atoms with Crippen LogP contribution in [0.2, 0.25) is 0 Å². The van der Waals surface area contributed by atoms with Crippen LogP contribution in [-0.4, -0.2) is 49.0 Å². The molecule has 0 saturated carbocycles. The van der Waals surface area contributed by atoms with Crippen molar-refractivity contribution in [1.82, 2.24) is 4.90 Å². The number of alkyl halides is 3. The maximum atomic E-state index is 12.1. The van der Waals surface area contributed by atoms with Crippen LogP contribution >= 0.6 is 0 Å². The highest BCUT2D eigenvalue weighted by Gasteiger charge is 2.29. The zero-order chi connectivity index (χ0) is 14.3. The van der Waals surface area contributed by atoms with Crippen LogP contribution in [-0.2, 0) is 11.3 Å². The molecule has 0 radical (unpaired) electrons. The SMILES string of the molecule is CN(CC(O)COCc1ccccc1)CC(F)(F)F. The number of nitrogens with zero attached hydrogens (tertiary/aromatic N) is 1. The Morgan fingerprint density at radius 2 is 1.89 bits per heavy atom. The van der Waals surface area contributed by atoms with Gasteiger partial charge in [0.15, 0.2) is 0 Å². The first-order chi connectivity index (χ1) is 8.87. The Morgan fingerprint density at radius 1 is 1.26 bits per heavy atom. The van der Waals surface area contributed by atoms with Gasteiger partial charge in [-0.15, -0.1) is 0 Å². The minimum Gasteiger partial charge on any atom is -0.389 e. The van der Waals surface area contributed by atoms with Crippen molar-refractivity contribution in [3.63, 3.8) is 0 Å². The molecule has 0 aliphatic rings. The fourth-order valence-corrected chi connectivity index (χ4v) is 1.67.